The first-order valence-electron chi connectivity index (χ1n) is 9.92. The quantitative estimate of drug-likeness (QED) is 0.382. The summed E-state index contributed by atoms with van der Waals surface area (Å²) >= 11 is 0. The van der Waals surface area contributed by atoms with Gasteiger partial charge in [0.2, 0.25) is 5.78 Å². The zero-order valence-electron chi connectivity index (χ0n) is 18.4. The van der Waals surface area contributed by atoms with Gasteiger partial charge in [-0.05, 0) is 31.5 Å². The summed E-state index contributed by atoms with van der Waals surface area (Å²) < 4.78 is 44.9. The van der Waals surface area contributed by atoms with E-state index < -0.39 is 28.7 Å². The zero-order valence-corrected chi connectivity index (χ0v) is 18.4. The maximum Gasteiger partial charge on any atom is 0.236 e. The second-order valence-corrected chi connectivity index (χ2v) is 7.47. The molecule has 170 valence electrons. The molecule has 0 amide bonds. The van der Waals surface area contributed by atoms with Crippen LogP contribution in [0.15, 0.2) is 40.9 Å². The Kier molecular flexibility index (Phi) is 5.63. The lowest BCUT2D eigenvalue weighted by atomic mass is 10.0. The number of nitrogens with two attached hydrogens (primary N) is 1. The lowest BCUT2D eigenvalue weighted by Crippen LogP contribution is -2.11. The van der Waals surface area contributed by atoms with Crippen molar-refractivity contribution >= 4 is 33.9 Å². The summed E-state index contributed by atoms with van der Waals surface area (Å²) in [6.45, 7) is 3.96. The van der Waals surface area contributed by atoms with Crippen LogP contribution in [0.1, 0.15) is 27.2 Å². The number of hydrogen-bond acceptors (Lipinski definition) is 7. The molecule has 2 aromatic heterocycles. The highest BCUT2D eigenvalue weighted by atomic mass is 19.1. The number of nitrogens with zero attached hydrogens (tertiary/aromatic N) is 1. The van der Waals surface area contributed by atoms with E-state index in [1.165, 1.54) is 20.4 Å². The molecule has 3 N–H and O–H groups in total. The SMILES string of the molecule is COc1cc(OC)c(F)c(C(=O)c2oc3cnc(Nc4ccc(C)cc4C)cc3c2N)c1F. The van der Waals surface area contributed by atoms with Crippen molar-refractivity contribution < 1.29 is 27.5 Å². The fourth-order valence-corrected chi connectivity index (χ4v) is 3.55. The highest BCUT2D eigenvalue weighted by molar-refractivity contribution is 6.15. The van der Waals surface area contributed by atoms with Gasteiger partial charge in [-0.1, -0.05) is 17.7 Å². The molecule has 0 fully saturated rings. The Labute approximate surface area is 188 Å². The van der Waals surface area contributed by atoms with E-state index in [-0.39, 0.29) is 22.8 Å². The van der Waals surface area contributed by atoms with E-state index in [1.807, 2.05) is 32.0 Å². The van der Waals surface area contributed by atoms with Crippen molar-refractivity contribution in [2.24, 2.45) is 0 Å². The molecule has 0 aliphatic heterocycles. The third-order valence-electron chi connectivity index (χ3n) is 5.27. The minimum absolute atomic E-state index is 0.0679. The number of methoxy groups -OCH3 is 2. The molecule has 4 aromatic rings. The number of aromatic nitrogens is 1. The van der Waals surface area contributed by atoms with E-state index in [4.69, 9.17) is 19.6 Å². The summed E-state index contributed by atoms with van der Waals surface area (Å²) in [6, 6.07) is 8.52. The van der Waals surface area contributed by atoms with Gasteiger partial charge in [-0.15, -0.1) is 0 Å². The van der Waals surface area contributed by atoms with Gasteiger partial charge in [0.1, 0.15) is 11.4 Å². The number of halogens is 2. The molecule has 2 heterocycles. The third kappa shape index (κ3) is 3.82. The molecule has 0 aliphatic carbocycles. The lowest BCUT2D eigenvalue weighted by molar-refractivity contribution is 0.100. The first kappa shape index (κ1) is 22.1. The number of pyridine rings is 1. The van der Waals surface area contributed by atoms with Crippen LogP contribution in [0, 0.1) is 25.5 Å². The first-order valence-corrected chi connectivity index (χ1v) is 9.92. The van der Waals surface area contributed by atoms with E-state index in [0.717, 1.165) is 22.9 Å². The van der Waals surface area contributed by atoms with E-state index in [2.05, 4.69) is 10.3 Å². The van der Waals surface area contributed by atoms with Gasteiger partial charge >= 0.3 is 0 Å². The Bertz CT molecular complexity index is 1370. The molecule has 0 spiro atoms. The Morgan fingerprint density at radius 2 is 1.73 bits per heavy atom. The molecular weight excluding hydrogens is 432 g/mol. The van der Waals surface area contributed by atoms with Crippen LogP contribution in [0.5, 0.6) is 11.5 Å². The third-order valence-corrected chi connectivity index (χ3v) is 5.27. The van der Waals surface area contributed by atoms with E-state index in [1.54, 1.807) is 6.07 Å². The molecule has 0 radical (unpaired) electrons. The van der Waals surface area contributed by atoms with Crippen molar-refractivity contribution in [2.45, 2.75) is 13.8 Å². The van der Waals surface area contributed by atoms with Crippen LogP contribution in [-0.2, 0) is 0 Å². The summed E-state index contributed by atoms with van der Waals surface area (Å²) in [6.07, 6.45) is 1.38. The van der Waals surface area contributed by atoms with Crippen LogP contribution < -0.4 is 20.5 Å². The molecule has 2 aromatic carbocycles. The van der Waals surface area contributed by atoms with Crippen molar-refractivity contribution in [3.63, 3.8) is 0 Å². The van der Waals surface area contributed by atoms with Crippen LogP contribution in [-0.4, -0.2) is 25.0 Å². The number of fused-ring (bicyclic) bond motifs is 1. The minimum Gasteiger partial charge on any atom is -0.494 e. The molecule has 9 heteroatoms. The van der Waals surface area contributed by atoms with Crippen LogP contribution in [0.4, 0.5) is 26.0 Å². The molecule has 33 heavy (non-hydrogen) atoms. The van der Waals surface area contributed by atoms with Crippen molar-refractivity contribution in [2.75, 3.05) is 25.3 Å². The minimum atomic E-state index is -1.18. The zero-order chi connectivity index (χ0) is 23.9. The number of ether oxygens (including phenoxy) is 2. The van der Waals surface area contributed by atoms with E-state index >= 15 is 0 Å². The highest BCUT2D eigenvalue weighted by Crippen LogP contribution is 2.36. The number of ketones is 1. The standard InChI is InChI=1S/C24H21F2N3O4/c1-11-5-6-14(12(2)7-11)29-18-8-13-17(10-28-18)33-24(22(13)27)23(30)19-20(25)15(31-3)9-16(32-4)21(19)26/h5-10H,27H2,1-4H3,(H,28,29). The van der Waals surface area contributed by atoms with Gasteiger partial charge in [0.15, 0.2) is 34.5 Å². The predicted octanol–water partition coefficient (Wildman–Crippen LogP) is 5.30. The summed E-state index contributed by atoms with van der Waals surface area (Å²) in [5.74, 6) is -4.11. The van der Waals surface area contributed by atoms with Crippen molar-refractivity contribution in [1.82, 2.24) is 4.98 Å². The average Bonchev–Trinajstić information content (AvgIpc) is 3.12. The molecule has 0 atom stereocenters. The normalized spacial score (nSPS) is 11.0. The summed E-state index contributed by atoms with van der Waals surface area (Å²) in [7, 11) is 2.38. The van der Waals surface area contributed by atoms with Gasteiger partial charge in [0.25, 0.3) is 0 Å². The molecule has 4 rings (SSSR count). The second-order valence-electron chi connectivity index (χ2n) is 7.47. The predicted molar refractivity (Wildman–Crippen MR) is 121 cm³/mol. The van der Waals surface area contributed by atoms with Gasteiger partial charge in [0.05, 0.1) is 26.1 Å². The largest absolute Gasteiger partial charge is 0.494 e. The summed E-state index contributed by atoms with van der Waals surface area (Å²) in [5.41, 5.74) is 8.37. The van der Waals surface area contributed by atoms with Crippen molar-refractivity contribution in [1.29, 1.82) is 0 Å². The first-order chi connectivity index (χ1) is 15.7. The number of nitrogens with one attached hydrogen (secondary N) is 1. The Morgan fingerprint density at radius 3 is 2.33 bits per heavy atom. The topological polar surface area (TPSA) is 99.6 Å². The molecule has 0 saturated heterocycles. The Hall–Kier alpha value is -4.14. The number of aryl methyl sites for hydroxylation is 2. The Morgan fingerprint density at radius 1 is 1.06 bits per heavy atom. The number of nitrogen functional groups attached to an aromatic ring is 1. The number of benzene rings is 2. The summed E-state index contributed by atoms with van der Waals surface area (Å²) in [4.78, 5) is 17.3. The molecule has 0 bridgehead atoms. The fraction of sp³-hybridized carbons (Fsp3) is 0.167. The number of rotatable bonds is 6. The number of carbonyl (C=O) groups is 1. The van der Waals surface area contributed by atoms with E-state index in [0.29, 0.717) is 11.2 Å². The number of carbonyl (C=O) groups excluding carboxylic acids is 1. The maximum absolute atomic E-state index is 14.8. The maximum atomic E-state index is 14.8. The smallest absolute Gasteiger partial charge is 0.236 e. The number of furan rings is 1. The molecule has 0 aliphatic rings. The molecule has 7 nitrogen and oxygen atoms in total. The highest BCUT2D eigenvalue weighted by Gasteiger charge is 2.30. The Balaban J connectivity index is 1.77. The van der Waals surface area contributed by atoms with Crippen molar-refractivity contribution in [3.8, 4) is 11.5 Å². The van der Waals surface area contributed by atoms with Crippen molar-refractivity contribution in [3.05, 3.63) is 70.6 Å². The van der Waals surface area contributed by atoms with E-state index in [9.17, 15) is 13.6 Å². The van der Waals surface area contributed by atoms with Gasteiger partial charge < -0.3 is 24.9 Å². The monoisotopic (exact) mass is 453 g/mol. The van der Waals surface area contributed by atoms with Gasteiger partial charge in [-0.25, -0.2) is 13.8 Å². The fourth-order valence-electron chi connectivity index (χ4n) is 3.55. The van der Waals surface area contributed by atoms with Crippen LogP contribution in [0.25, 0.3) is 11.0 Å². The molecule has 0 unspecified atom stereocenters. The van der Waals surface area contributed by atoms with Gasteiger partial charge in [-0.2, -0.15) is 0 Å². The molecular formula is C24H21F2N3O4. The average molecular weight is 453 g/mol. The summed E-state index contributed by atoms with van der Waals surface area (Å²) in [5, 5.41) is 3.56. The number of anilines is 3. The molecule has 0 saturated carbocycles. The second kappa shape index (κ2) is 8.42. The van der Waals surface area contributed by atoms with Crippen LogP contribution in [0.2, 0.25) is 0 Å². The van der Waals surface area contributed by atoms with Gasteiger partial charge in [0, 0.05) is 17.1 Å². The van der Waals surface area contributed by atoms with Crippen LogP contribution >= 0.6 is 0 Å². The van der Waals surface area contributed by atoms with Crippen LogP contribution in [0.3, 0.4) is 0 Å². The van der Waals surface area contributed by atoms with Gasteiger partial charge in [-0.3, -0.25) is 4.79 Å². The lowest BCUT2D eigenvalue weighted by Gasteiger charge is -2.11. The number of hydrogen-bond donors (Lipinski definition) is 2.